The van der Waals surface area contributed by atoms with Crippen molar-refractivity contribution in [3.8, 4) is 11.5 Å². The fourth-order valence-corrected chi connectivity index (χ4v) is 2.05. The predicted octanol–water partition coefficient (Wildman–Crippen LogP) is 3.53. The lowest BCUT2D eigenvalue weighted by Crippen LogP contribution is -2.05. The average Bonchev–Trinajstić information content (AvgIpc) is 3.18. The molecule has 1 heterocycles. The van der Waals surface area contributed by atoms with E-state index in [4.69, 9.17) is 9.15 Å². The number of oxazole rings is 1. The van der Waals surface area contributed by atoms with Crippen LogP contribution in [0.25, 0.3) is 11.5 Å². The molecular weight excluding hydrogens is 261 g/mol. The molecule has 4 nitrogen and oxygen atoms in total. The zero-order chi connectivity index (χ0) is 14.1. The zero-order valence-corrected chi connectivity index (χ0v) is 11.1. The second-order valence-electron chi connectivity index (χ2n) is 4.74. The zero-order valence-electron chi connectivity index (χ0n) is 11.1. The Labute approximate surface area is 115 Å². The fraction of sp³-hybridized carbons (Fsp3) is 0.333. The van der Waals surface area contributed by atoms with Crippen molar-refractivity contribution in [3.63, 3.8) is 0 Å². The second-order valence-corrected chi connectivity index (χ2v) is 4.74. The Hall–Kier alpha value is -2.17. The lowest BCUT2D eigenvalue weighted by Gasteiger charge is -1.99. The standard InChI is InChI=1S/C15H14FNO3/c1-2-19-15(18)13-12(9-6-7-9)17-14(20-13)10-4-3-5-11(16)8-10/h3-5,8-9H,2,6-7H2,1H3. The summed E-state index contributed by atoms with van der Waals surface area (Å²) in [6, 6.07) is 5.95. The van der Waals surface area contributed by atoms with Crippen molar-refractivity contribution in [1.82, 2.24) is 4.98 Å². The van der Waals surface area contributed by atoms with Crippen LogP contribution in [0.1, 0.15) is 41.9 Å². The van der Waals surface area contributed by atoms with Gasteiger partial charge < -0.3 is 9.15 Å². The van der Waals surface area contributed by atoms with Crippen LogP contribution in [0.15, 0.2) is 28.7 Å². The average molecular weight is 275 g/mol. The summed E-state index contributed by atoms with van der Waals surface area (Å²) < 4.78 is 23.7. The molecule has 3 rings (SSSR count). The van der Waals surface area contributed by atoms with E-state index in [1.54, 1.807) is 19.1 Å². The van der Waals surface area contributed by atoms with Gasteiger partial charge in [-0.3, -0.25) is 0 Å². The normalized spacial score (nSPS) is 14.3. The Morgan fingerprint density at radius 1 is 1.50 bits per heavy atom. The van der Waals surface area contributed by atoms with Crippen LogP contribution in [0.3, 0.4) is 0 Å². The van der Waals surface area contributed by atoms with E-state index in [9.17, 15) is 9.18 Å². The number of benzene rings is 1. The number of esters is 1. The summed E-state index contributed by atoms with van der Waals surface area (Å²) in [5, 5.41) is 0. The molecule has 0 radical (unpaired) electrons. The fourth-order valence-electron chi connectivity index (χ4n) is 2.05. The van der Waals surface area contributed by atoms with Crippen molar-refractivity contribution >= 4 is 5.97 Å². The number of ether oxygens (including phenoxy) is 1. The van der Waals surface area contributed by atoms with Gasteiger partial charge in [0, 0.05) is 11.5 Å². The monoisotopic (exact) mass is 275 g/mol. The van der Waals surface area contributed by atoms with Gasteiger partial charge in [0.25, 0.3) is 0 Å². The number of hydrogen-bond acceptors (Lipinski definition) is 4. The summed E-state index contributed by atoms with van der Waals surface area (Å²) in [6.07, 6.45) is 1.98. The molecule has 1 saturated carbocycles. The van der Waals surface area contributed by atoms with Gasteiger partial charge in [-0.1, -0.05) is 6.07 Å². The molecule has 1 aromatic heterocycles. The number of carbonyl (C=O) groups is 1. The summed E-state index contributed by atoms with van der Waals surface area (Å²) >= 11 is 0. The van der Waals surface area contributed by atoms with Gasteiger partial charge in [-0.25, -0.2) is 14.2 Å². The van der Waals surface area contributed by atoms with E-state index in [1.807, 2.05) is 0 Å². The highest BCUT2D eigenvalue weighted by Crippen LogP contribution is 2.42. The first-order valence-corrected chi connectivity index (χ1v) is 6.63. The second kappa shape index (κ2) is 5.07. The van der Waals surface area contributed by atoms with Gasteiger partial charge in [-0.15, -0.1) is 0 Å². The maximum atomic E-state index is 13.2. The Balaban J connectivity index is 2.00. The Morgan fingerprint density at radius 2 is 2.30 bits per heavy atom. The summed E-state index contributed by atoms with van der Waals surface area (Å²) in [7, 11) is 0. The molecule has 1 aromatic carbocycles. The number of nitrogens with zero attached hydrogens (tertiary/aromatic N) is 1. The third-order valence-corrected chi connectivity index (χ3v) is 3.15. The maximum absolute atomic E-state index is 13.2. The topological polar surface area (TPSA) is 52.3 Å². The third-order valence-electron chi connectivity index (χ3n) is 3.15. The van der Waals surface area contributed by atoms with Crippen LogP contribution in [0.5, 0.6) is 0 Å². The molecule has 20 heavy (non-hydrogen) atoms. The van der Waals surface area contributed by atoms with Crippen molar-refractivity contribution < 1.29 is 18.3 Å². The number of hydrogen-bond donors (Lipinski definition) is 0. The molecule has 0 spiro atoms. The van der Waals surface area contributed by atoms with Crippen LogP contribution in [0.2, 0.25) is 0 Å². The molecule has 0 unspecified atom stereocenters. The van der Waals surface area contributed by atoms with Crippen molar-refractivity contribution in [2.75, 3.05) is 6.61 Å². The molecular formula is C15H14FNO3. The SMILES string of the molecule is CCOC(=O)c1oc(-c2cccc(F)c2)nc1C1CC1. The van der Waals surface area contributed by atoms with Gasteiger partial charge in [-0.05, 0) is 38.0 Å². The highest BCUT2D eigenvalue weighted by Gasteiger charge is 2.34. The number of aromatic nitrogens is 1. The van der Waals surface area contributed by atoms with Crippen LogP contribution < -0.4 is 0 Å². The van der Waals surface area contributed by atoms with Crippen molar-refractivity contribution in [2.45, 2.75) is 25.7 Å². The van der Waals surface area contributed by atoms with Crippen LogP contribution in [-0.4, -0.2) is 17.6 Å². The van der Waals surface area contributed by atoms with E-state index >= 15 is 0 Å². The largest absolute Gasteiger partial charge is 0.460 e. The number of rotatable bonds is 4. The smallest absolute Gasteiger partial charge is 0.376 e. The molecule has 1 aliphatic carbocycles. The van der Waals surface area contributed by atoms with E-state index in [1.165, 1.54) is 12.1 Å². The first kappa shape index (κ1) is 12.8. The highest BCUT2D eigenvalue weighted by molar-refractivity contribution is 5.88. The molecule has 0 amide bonds. The molecule has 104 valence electrons. The predicted molar refractivity (Wildman–Crippen MR) is 69.8 cm³/mol. The first-order valence-electron chi connectivity index (χ1n) is 6.63. The Kier molecular flexibility index (Phi) is 3.26. The minimum Gasteiger partial charge on any atom is -0.460 e. The molecule has 5 heteroatoms. The molecule has 0 bridgehead atoms. The number of halogens is 1. The van der Waals surface area contributed by atoms with Gasteiger partial charge in [-0.2, -0.15) is 0 Å². The molecule has 0 aliphatic heterocycles. The van der Waals surface area contributed by atoms with Crippen molar-refractivity contribution in [3.05, 3.63) is 41.5 Å². The summed E-state index contributed by atoms with van der Waals surface area (Å²) in [6.45, 7) is 2.01. The molecule has 0 N–H and O–H groups in total. The van der Waals surface area contributed by atoms with Crippen LogP contribution in [0.4, 0.5) is 4.39 Å². The van der Waals surface area contributed by atoms with Crippen molar-refractivity contribution in [1.29, 1.82) is 0 Å². The third kappa shape index (κ3) is 2.43. The van der Waals surface area contributed by atoms with Gasteiger partial charge >= 0.3 is 5.97 Å². The molecule has 1 fully saturated rings. The first-order chi connectivity index (χ1) is 9.69. The van der Waals surface area contributed by atoms with Gasteiger partial charge in [0.2, 0.25) is 11.7 Å². The molecule has 2 aromatic rings. The lowest BCUT2D eigenvalue weighted by molar-refractivity contribution is 0.0489. The maximum Gasteiger partial charge on any atom is 0.376 e. The summed E-state index contributed by atoms with van der Waals surface area (Å²) in [5.74, 6) is -0.223. The van der Waals surface area contributed by atoms with Gasteiger partial charge in [0.15, 0.2) is 0 Å². The summed E-state index contributed by atoms with van der Waals surface area (Å²) in [4.78, 5) is 16.2. The van der Waals surface area contributed by atoms with E-state index in [0.29, 0.717) is 11.3 Å². The molecule has 1 aliphatic rings. The Bertz CT molecular complexity index is 646. The van der Waals surface area contributed by atoms with Crippen LogP contribution in [-0.2, 0) is 4.74 Å². The van der Waals surface area contributed by atoms with Gasteiger partial charge in [0.1, 0.15) is 5.82 Å². The Morgan fingerprint density at radius 3 is 2.95 bits per heavy atom. The number of carbonyl (C=O) groups excluding carboxylic acids is 1. The lowest BCUT2D eigenvalue weighted by atomic mass is 10.2. The molecule has 0 saturated heterocycles. The van der Waals surface area contributed by atoms with E-state index in [0.717, 1.165) is 12.8 Å². The minimum absolute atomic E-state index is 0.147. The quantitative estimate of drug-likeness (QED) is 0.801. The van der Waals surface area contributed by atoms with E-state index < -0.39 is 5.97 Å². The van der Waals surface area contributed by atoms with Crippen LogP contribution in [0, 0.1) is 5.82 Å². The minimum atomic E-state index is -0.510. The highest BCUT2D eigenvalue weighted by atomic mass is 19.1. The van der Waals surface area contributed by atoms with E-state index in [2.05, 4.69) is 4.98 Å². The van der Waals surface area contributed by atoms with Crippen molar-refractivity contribution in [2.24, 2.45) is 0 Å². The summed E-state index contributed by atoms with van der Waals surface area (Å²) in [5.41, 5.74) is 1.14. The molecule has 0 atom stereocenters. The van der Waals surface area contributed by atoms with Gasteiger partial charge in [0.05, 0.1) is 12.3 Å². The van der Waals surface area contributed by atoms with E-state index in [-0.39, 0.29) is 30.0 Å². The van der Waals surface area contributed by atoms with Crippen LogP contribution >= 0.6 is 0 Å².